The van der Waals surface area contributed by atoms with Gasteiger partial charge < -0.3 is 18.9 Å². The first kappa shape index (κ1) is 61.1. The highest BCUT2D eigenvalue weighted by atomic mass is 127. The molecular formula is C62H65IN24O8. The third-order valence-electron chi connectivity index (χ3n) is 14.5. The lowest BCUT2D eigenvalue weighted by Gasteiger charge is -2.14. The number of aryl methyl sites for hydroxylation is 10. The minimum atomic E-state index is -0.402. The topological polar surface area (TPSA) is 351 Å². The standard InChI is InChI=1S/C17H18N6O2.C16H18N6O2.C15H16N6O2.C14H13IN6O2/c1-11-5-3-4-6-14(11)25-9-13-15(12-7-8-12)18-10-19-16(13)23-17(24)22(2)20-21-23;1-4-13-12(9-24-14-8-6-5-7-11(14)2)15(18-10-17-13)22-16(23)21(3)19-20-22;1-10-6-4-5-7-13(10)23-8-12-11(2)16-9-17-14(12)21-15(22)20(3)18-19-21;1-9-5-3-4-6-11(9)23-7-10-12(15)16-8-17-13(10)21-14(22)20(2)18-19-21/h3-6,10,12H,7-9H2,1-2H3;5-8,10H,4,9H2,1-3H3;4-7,9H,8H2,1-3H3;3-6,8H,7H2,1-2H3/i3T;5T;4T;3T. The first-order valence-electron chi connectivity index (χ1n) is 31.2. The zero-order chi connectivity index (χ0) is 70.8. The second-order valence-electron chi connectivity index (χ2n) is 21.1. The smallest absolute Gasteiger partial charge is 0.369 e. The molecule has 8 aromatic heterocycles. The third-order valence-corrected chi connectivity index (χ3v) is 15.5. The summed E-state index contributed by atoms with van der Waals surface area (Å²) in [4.78, 5) is 82.4. The van der Waals surface area contributed by atoms with Crippen molar-refractivity contribution in [3.8, 4) is 46.3 Å². The number of rotatable bonds is 18. The maximum atomic E-state index is 12.3. The van der Waals surface area contributed by atoms with Crippen molar-refractivity contribution in [2.24, 2.45) is 28.2 Å². The monoisotopic (exact) mass is 1410 g/mol. The van der Waals surface area contributed by atoms with Gasteiger partial charge in [0, 0.05) is 39.8 Å². The minimum absolute atomic E-state index is 0.162. The summed E-state index contributed by atoms with van der Waals surface area (Å²) >= 11 is 2.06. The van der Waals surface area contributed by atoms with Gasteiger partial charge in [0.1, 0.15) is 78.4 Å². The molecule has 0 unspecified atom stereocenters. The Labute approximate surface area is 560 Å². The number of halogens is 1. The van der Waals surface area contributed by atoms with Gasteiger partial charge in [-0.15, -0.1) is 18.7 Å². The van der Waals surface area contributed by atoms with E-state index < -0.39 is 17.1 Å². The van der Waals surface area contributed by atoms with Crippen LogP contribution in [0.1, 0.15) is 92.8 Å². The van der Waals surface area contributed by atoms with Crippen molar-refractivity contribution in [2.45, 2.75) is 93.2 Å². The first-order chi connectivity index (χ1) is 47.5. The minimum Gasteiger partial charge on any atom is -0.488 e. The number of ether oxygens (including phenoxy) is 4. The molecule has 0 radical (unpaired) electrons. The van der Waals surface area contributed by atoms with Crippen LogP contribution in [0.3, 0.4) is 0 Å². The third kappa shape index (κ3) is 15.6. The van der Waals surface area contributed by atoms with Gasteiger partial charge in [0.15, 0.2) is 23.3 Å². The number of hydrogen-bond acceptors (Lipinski definition) is 24. The largest absolute Gasteiger partial charge is 0.488 e. The maximum absolute atomic E-state index is 12.3. The van der Waals surface area contributed by atoms with Crippen LogP contribution in [0.25, 0.3) is 23.3 Å². The Kier molecular flexibility index (Phi) is 19.5. The second-order valence-corrected chi connectivity index (χ2v) is 22.2. The van der Waals surface area contributed by atoms with E-state index in [1.54, 1.807) is 72.8 Å². The zero-order valence-electron chi connectivity index (χ0n) is 57.1. The fourth-order valence-electron chi connectivity index (χ4n) is 9.08. The highest BCUT2D eigenvalue weighted by Crippen LogP contribution is 2.41. The molecule has 1 saturated carbocycles. The van der Waals surface area contributed by atoms with E-state index in [-0.39, 0.29) is 32.1 Å². The van der Waals surface area contributed by atoms with Crippen molar-refractivity contribution in [3.05, 3.63) is 230 Å². The van der Waals surface area contributed by atoms with Crippen LogP contribution in [0.4, 0.5) is 0 Å². The van der Waals surface area contributed by atoms with Gasteiger partial charge in [-0.25, -0.2) is 59.0 Å². The number of para-hydroxylation sites is 4. The number of benzene rings is 4. The van der Waals surface area contributed by atoms with Gasteiger partial charge in [0.05, 0.1) is 39.1 Å². The Morgan fingerprint density at radius 1 is 0.421 bits per heavy atom. The lowest BCUT2D eigenvalue weighted by molar-refractivity contribution is 0.300. The van der Waals surface area contributed by atoms with Crippen LogP contribution in [-0.4, -0.2) is 119 Å². The number of aromatic nitrogens is 24. The molecule has 4 aromatic carbocycles. The molecule has 0 spiro atoms. The van der Waals surface area contributed by atoms with Crippen molar-refractivity contribution < 1.29 is 24.4 Å². The summed E-state index contributed by atoms with van der Waals surface area (Å²) < 4.78 is 63.8. The number of tetrazole rings is 4. The summed E-state index contributed by atoms with van der Waals surface area (Å²) in [7, 11) is 6.09. The average molecular weight is 1410 g/mol. The molecule has 33 heteroatoms. The molecular weight excluding hydrogens is 1340 g/mol. The molecule has 1 aliphatic rings. The first-order valence-corrected chi connectivity index (χ1v) is 30.3. The predicted octanol–water partition coefficient (Wildman–Crippen LogP) is 4.93. The van der Waals surface area contributed by atoms with Crippen molar-refractivity contribution >= 4 is 22.6 Å². The van der Waals surface area contributed by atoms with Crippen LogP contribution in [0, 0.1) is 38.3 Å². The van der Waals surface area contributed by atoms with Crippen molar-refractivity contribution in [2.75, 3.05) is 0 Å². The SMILES string of the molecule is [3H]c1ccc(OCc2c(C)ncnc2-n2nnn(C)c2=O)c(C)c1.[3H]c1ccc(OCc2c(C3CC3)ncnc2-n2nnn(C)c2=O)c(C)c1.[3H]c1ccc(OCc2c(CC)ncnc2-n2nnn(C)c2=O)c(C)c1.[3H]c1ccc(OCc2c(I)ncnc2-n2nnn(C)c2=O)c(C)c1. The van der Waals surface area contributed by atoms with Crippen LogP contribution >= 0.6 is 22.6 Å². The fourth-order valence-corrected chi connectivity index (χ4v) is 9.60. The maximum Gasteiger partial charge on any atom is 0.369 e. The van der Waals surface area contributed by atoms with E-state index in [0.29, 0.717) is 109 Å². The van der Waals surface area contributed by atoms with Gasteiger partial charge >= 0.3 is 22.8 Å². The summed E-state index contributed by atoms with van der Waals surface area (Å²) in [6.07, 6.45) is 8.37. The number of nitrogens with zero attached hydrogens (tertiary/aromatic N) is 24. The molecule has 95 heavy (non-hydrogen) atoms. The molecule has 0 amide bonds. The Morgan fingerprint density at radius 3 is 1.12 bits per heavy atom. The average Bonchev–Trinajstić information content (AvgIpc) is 1.68. The van der Waals surface area contributed by atoms with E-state index >= 15 is 0 Å². The quantitative estimate of drug-likeness (QED) is 0.0812. The summed E-state index contributed by atoms with van der Waals surface area (Å²) in [6.45, 7) is 12.0. The van der Waals surface area contributed by atoms with Gasteiger partial charge in [-0.1, -0.05) is 79.6 Å². The highest BCUT2D eigenvalue weighted by molar-refractivity contribution is 14.1. The van der Waals surface area contributed by atoms with Crippen LogP contribution < -0.4 is 41.7 Å². The molecule has 12 aromatic rings. The Morgan fingerprint density at radius 2 is 0.747 bits per heavy atom. The van der Waals surface area contributed by atoms with Gasteiger partial charge in [-0.3, -0.25) is 0 Å². The molecule has 1 aliphatic carbocycles. The molecule has 0 atom stereocenters. The van der Waals surface area contributed by atoms with Crippen molar-refractivity contribution in [1.29, 1.82) is 0 Å². The molecule has 0 saturated heterocycles. The van der Waals surface area contributed by atoms with Crippen LogP contribution in [-0.2, 0) is 61.0 Å². The molecule has 0 bridgehead atoms. The van der Waals surface area contributed by atoms with Gasteiger partial charge in [-0.2, -0.15) is 18.7 Å². The zero-order valence-corrected chi connectivity index (χ0v) is 55.3. The van der Waals surface area contributed by atoms with E-state index in [9.17, 15) is 19.2 Å². The Bertz CT molecular complexity index is 5010. The lowest BCUT2D eigenvalue weighted by atomic mass is 10.1. The Balaban J connectivity index is 0.000000143. The summed E-state index contributed by atoms with van der Waals surface area (Å²) in [5.74, 6) is 4.46. The molecule has 0 N–H and O–H groups in total. The fraction of sp³-hybridized carbons (Fsp3) is 0.290. The Hall–Kier alpha value is -11.4. The highest BCUT2D eigenvalue weighted by Gasteiger charge is 2.31. The van der Waals surface area contributed by atoms with E-state index in [4.69, 9.17) is 24.4 Å². The van der Waals surface area contributed by atoms with Crippen molar-refractivity contribution in [1.82, 2.24) is 119 Å². The summed E-state index contributed by atoms with van der Waals surface area (Å²) in [6, 6.07) is 22.3. The molecule has 8 heterocycles. The lowest BCUT2D eigenvalue weighted by Crippen LogP contribution is -2.24. The van der Waals surface area contributed by atoms with Crippen LogP contribution in [0.15, 0.2) is 141 Å². The molecule has 13 rings (SSSR count). The molecule has 0 aliphatic heterocycles. The van der Waals surface area contributed by atoms with E-state index in [0.717, 1.165) is 84.8 Å². The molecule has 32 nitrogen and oxygen atoms in total. The van der Waals surface area contributed by atoms with Crippen molar-refractivity contribution in [3.63, 3.8) is 0 Å². The summed E-state index contributed by atoms with van der Waals surface area (Å²) in [5.41, 5.74) is 6.94. The van der Waals surface area contributed by atoms with E-state index in [2.05, 4.69) is 104 Å². The van der Waals surface area contributed by atoms with E-state index in [1.807, 2.05) is 41.5 Å². The molecule has 1 fully saturated rings. The van der Waals surface area contributed by atoms with Crippen LogP contribution in [0.5, 0.6) is 23.0 Å². The normalized spacial score (nSPS) is 12.2. The summed E-state index contributed by atoms with van der Waals surface area (Å²) in [5, 5.41) is 30.3. The number of hydrogen-bond donors (Lipinski definition) is 0. The second kappa shape index (κ2) is 30.4. The van der Waals surface area contributed by atoms with Gasteiger partial charge in [0.25, 0.3) is 0 Å². The van der Waals surface area contributed by atoms with Gasteiger partial charge in [-0.05, 0) is 165 Å². The predicted molar refractivity (Wildman–Crippen MR) is 350 cm³/mol. The van der Waals surface area contributed by atoms with Gasteiger partial charge in [0.2, 0.25) is 0 Å². The molecule has 488 valence electrons. The van der Waals surface area contributed by atoms with Crippen LogP contribution in [0.2, 0.25) is 0 Å². The van der Waals surface area contributed by atoms with E-state index in [1.165, 1.54) is 58.2 Å².